The molecule has 0 atom stereocenters. The van der Waals surface area contributed by atoms with Gasteiger partial charge in [-0.2, -0.15) is 5.10 Å². The molecule has 4 heteroatoms. The highest BCUT2D eigenvalue weighted by molar-refractivity contribution is 6.18. The van der Waals surface area contributed by atoms with E-state index in [-0.39, 0.29) is 5.54 Å². The van der Waals surface area contributed by atoms with Crippen LogP contribution in [0.4, 0.5) is 5.82 Å². The summed E-state index contributed by atoms with van der Waals surface area (Å²) in [5, 5.41) is 7.83. The summed E-state index contributed by atoms with van der Waals surface area (Å²) in [5.74, 6) is 1.40. The van der Waals surface area contributed by atoms with Gasteiger partial charge >= 0.3 is 0 Å². The van der Waals surface area contributed by atoms with E-state index in [4.69, 9.17) is 11.6 Å². The summed E-state index contributed by atoms with van der Waals surface area (Å²) < 4.78 is 0. The third kappa shape index (κ3) is 2.31. The monoisotopic (exact) mass is 199 g/mol. The van der Waals surface area contributed by atoms with E-state index in [2.05, 4.69) is 24.0 Å². The van der Waals surface area contributed by atoms with Crippen LogP contribution in [0.25, 0.3) is 0 Å². The fourth-order valence-electron chi connectivity index (χ4n) is 0.872. The summed E-state index contributed by atoms with van der Waals surface area (Å²) in [6.45, 7) is 4.13. The second kappa shape index (κ2) is 3.92. The largest absolute Gasteiger partial charge is 0.352 e. The van der Waals surface area contributed by atoms with Gasteiger partial charge in [-0.1, -0.05) is 0 Å². The van der Waals surface area contributed by atoms with Gasteiger partial charge in [0.05, 0.1) is 0 Å². The number of hydrogen-bond donors (Lipinski definition) is 0. The Morgan fingerprint density at radius 2 is 2.23 bits per heavy atom. The van der Waals surface area contributed by atoms with Crippen molar-refractivity contribution in [1.82, 2.24) is 10.2 Å². The van der Waals surface area contributed by atoms with Crippen molar-refractivity contribution in [3.63, 3.8) is 0 Å². The zero-order chi connectivity index (χ0) is 9.90. The highest BCUT2D eigenvalue weighted by atomic mass is 35.5. The van der Waals surface area contributed by atoms with Gasteiger partial charge in [0.25, 0.3) is 0 Å². The van der Waals surface area contributed by atoms with Gasteiger partial charge in [0.15, 0.2) is 5.82 Å². The van der Waals surface area contributed by atoms with Crippen LogP contribution in [-0.2, 0) is 0 Å². The Hall–Kier alpha value is -0.830. The normalized spacial score (nSPS) is 11.4. The lowest BCUT2D eigenvalue weighted by atomic mass is 10.1. The van der Waals surface area contributed by atoms with Gasteiger partial charge in [-0.3, -0.25) is 0 Å². The summed E-state index contributed by atoms with van der Waals surface area (Å²) in [6, 6.07) is 3.78. The number of halogens is 1. The predicted octanol–water partition coefficient (Wildman–Crippen LogP) is 1.93. The Labute approximate surface area is 83.7 Å². The molecule has 0 amide bonds. The molecule has 1 aromatic rings. The van der Waals surface area contributed by atoms with E-state index < -0.39 is 0 Å². The van der Waals surface area contributed by atoms with Crippen molar-refractivity contribution >= 4 is 17.4 Å². The highest BCUT2D eigenvalue weighted by Crippen LogP contribution is 2.19. The number of rotatable bonds is 3. The van der Waals surface area contributed by atoms with E-state index in [0.717, 1.165) is 5.82 Å². The zero-order valence-electron chi connectivity index (χ0n) is 8.16. The minimum atomic E-state index is -0.0996. The van der Waals surface area contributed by atoms with Crippen LogP contribution < -0.4 is 4.90 Å². The Balaban J connectivity index is 2.85. The van der Waals surface area contributed by atoms with E-state index in [9.17, 15) is 0 Å². The zero-order valence-corrected chi connectivity index (χ0v) is 8.91. The van der Waals surface area contributed by atoms with Crippen molar-refractivity contribution in [3.8, 4) is 0 Å². The molecule has 0 unspecified atom stereocenters. The molecule has 0 N–H and O–H groups in total. The van der Waals surface area contributed by atoms with Gasteiger partial charge < -0.3 is 4.90 Å². The lowest BCUT2D eigenvalue weighted by Crippen LogP contribution is -2.43. The average Bonchev–Trinajstić information content (AvgIpc) is 2.18. The first-order chi connectivity index (χ1) is 6.08. The van der Waals surface area contributed by atoms with Crippen molar-refractivity contribution in [2.24, 2.45) is 0 Å². The Morgan fingerprint density at radius 1 is 1.54 bits per heavy atom. The van der Waals surface area contributed by atoms with Crippen molar-refractivity contribution < 1.29 is 0 Å². The summed E-state index contributed by atoms with van der Waals surface area (Å²) in [7, 11) is 1.96. The molecule has 0 aliphatic rings. The minimum absolute atomic E-state index is 0.0996. The lowest BCUT2D eigenvalue weighted by molar-refractivity contribution is 0.538. The topological polar surface area (TPSA) is 29.0 Å². The van der Waals surface area contributed by atoms with Crippen molar-refractivity contribution in [2.45, 2.75) is 19.4 Å². The molecule has 72 valence electrons. The molecule has 0 aromatic carbocycles. The molecule has 13 heavy (non-hydrogen) atoms. The van der Waals surface area contributed by atoms with Crippen LogP contribution in [0.2, 0.25) is 0 Å². The number of alkyl halides is 1. The van der Waals surface area contributed by atoms with Gasteiger partial charge in [0.2, 0.25) is 0 Å². The molecule has 0 aliphatic heterocycles. The van der Waals surface area contributed by atoms with Crippen molar-refractivity contribution in [1.29, 1.82) is 0 Å². The van der Waals surface area contributed by atoms with Crippen LogP contribution in [0.15, 0.2) is 18.3 Å². The summed E-state index contributed by atoms with van der Waals surface area (Å²) in [4.78, 5) is 2.02. The SMILES string of the molecule is CN(c1cccnn1)C(C)(C)CCl. The molecule has 0 spiro atoms. The molecule has 1 aromatic heterocycles. The summed E-state index contributed by atoms with van der Waals surface area (Å²) >= 11 is 5.85. The van der Waals surface area contributed by atoms with Gasteiger partial charge in [-0.25, -0.2) is 0 Å². The summed E-state index contributed by atoms with van der Waals surface area (Å²) in [6.07, 6.45) is 1.66. The molecule has 0 saturated carbocycles. The van der Waals surface area contributed by atoms with Crippen LogP contribution in [-0.4, -0.2) is 28.7 Å². The first kappa shape index (κ1) is 10.3. The molecule has 0 fully saturated rings. The first-order valence-electron chi connectivity index (χ1n) is 4.15. The standard InChI is InChI=1S/C9H14ClN3/c1-9(2,7-10)13(3)8-5-4-6-11-12-8/h4-6H,7H2,1-3H3. The van der Waals surface area contributed by atoms with E-state index in [0.29, 0.717) is 5.88 Å². The van der Waals surface area contributed by atoms with E-state index in [1.165, 1.54) is 0 Å². The molecular formula is C9H14ClN3. The second-order valence-corrected chi connectivity index (χ2v) is 3.85. The van der Waals surface area contributed by atoms with Gasteiger partial charge in [0, 0.05) is 24.7 Å². The molecule has 1 heterocycles. The molecule has 3 nitrogen and oxygen atoms in total. The predicted molar refractivity (Wildman–Crippen MR) is 55.2 cm³/mol. The van der Waals surface area contributed by atoms with E-state index in [1.54, 1.807) is 6.20 Å². The quantitative estimate of drug-likeness (QED) is 0.697. The molecule has 0 radical (unpaired) electrons. The Kier molecular flexibility index (Phi) is 3.09. The number of hydrogen-bond acceptors (Lipinski definition) is 3. The number of anilines is 1. The first-order valence-corrected chi connectivity index (χ1v) is 4.69. The smallest absolute Gasteiger partial charge is 0.151 e. The Morgan fingerprint density at radius 3 is 2.69 bits per heavy atom. The van der Waals surface area contributed by atoms with Crippen LogP contribution in [0, 0.1) is 0 Å². The maximum absolute atomic E-state index is 5.85. The fraction of sp³-hybridized carbons (Fsp3) is 0.556. The summed E-state index contributed by atoms with van der Waals surface area (Å²) in [5.41, 5.74) is -0.0996. The van der Waals surface area contributed by atoms with Crippen LogP contribution in [0.1, 0.15) is 13.8 Å². The van der Waals surface area contributed by atoms with E-state index >= 15 is 0 Å². The maximum Gasteiger partial charge on any atom is 0.151 e. The van der Waals surface area contributed by atoms with Crippen LogP contribution >= 0.6 is 11.6 Å². The number of aromatic nitrogens is 2. The average molecular weight is 200 g/mol. The van der Waals surface area contributed by atoms with Crippen molar-refractivity contribution in [2.75, 3.05) is 17.8 Å². The third-order valence-electron chi connectivity index (χ3n) is 2.14. The molecular weight excluding hydrogens is 186 g/mol. The minimum Gasteiger partial charge on any atom is -0.352 e. The van der Waals surface area contributed by atoms with Crippen LogP contribution in [0.5, 0.6) is 0 Å². The van der Waals surface area contributed by atoms with Gasteiger partial charge in [-0.15, -0.1) is 16.7 Å². The van der Waals surface area contributed by atoms with Gasteiger partial charge in [0.1, 0.15) is 0 Å². The van der Waals surface area contributed by atoms with Crippen molar-refractivity contribution in [3.05, 3.63) is 18.3 Å². The second-order valence-electron chi connectivity index (χ2n) is 3.59. The van der Waals surface area contributed by atoms with Crippen LogP contribution in [0.3, 0.4) is 0 Å². The van der Waals surface area contributed by atoms with E-state index in [1.807, 2.05) is 24.1 Å². The molecule has 0 saturated heterocycles. The molecule has 0 bridgehead atoms. The maximum atomic E-state index is 5.85. The van der Waals surface area contributed by atoms with Gasteiger partial charge in [-0.05, 0) is 26.0 Å². The third-order valence-corrected chi connectivity index (χ3v) is 2.79. The molecule has 0 aliphatic carbocycles. The molecule has 1 rings (SSSR count). The lowest BCUT2D eigenvalue weighted by Gasteiger charge is -2.34. The fourth-order valence-corrected chi connectivity index (χ4v) is 1.05. The highest BCUT2D eigenvalue weighted by Gasteiger charge is 2.23. The number of nitrogens with zero attached hydrogens (tertiary/aromatic N) is 3. The Bertz CT molecular complexity index is 261.